The van der Waals surface area contributed by atoms with Crippen LogP contribution in [0.5, 0.6) is 0 Å². The van der Waals surface area contributed by atoms with Gasteiger partial charge in [-0.2, -0.15) is 0 Å². The molecule has 0 aliphatic carbocycles. The maximum atomic E-state index is 13.9. The maximum Gasteiger partial charge on any atom is 0.251 e. The number of amides is 1. The third-order valence-corrected chi connectivity index (χ3v) is 8.06. The monoisotopic (exact) mass is 458 g/mol. The van der Waals surface area contributed by atoms with Crippen LogP contribution in [0.25, 0.3) is 0 Å². The molecular formula is C19H20F2N2O5S2. The molecule has 1 aliphatic rings. The first-order valence-electron chi connectivity index (χ1n) is 9.05. The van der Waals surface area contributed by atoms with E-state index >= 15 is 0 Å². The van der Waals surface area contributed by atoms with Crippen molar-refractivity contribution in [2.24, 2.45) is 0 Å². The zero-order valence-electron chi connectivity index (χ0n) is 15.9. The van der Waals surface area contributed by atoms with Crippen molar-refractivity contribution in [3.63, 3.8) is 0 Å². The molecule has 0 aromatic heterocycles. The molecule has 1 heterocycles. The van der Waals surface area contributed by atoms with Crippen molar-refractivity contribution >= 4 is 25.8 Å². The van der Waals surface area contributed by atoms with Gasteiger partial charge in [0.1, 0.15) is 11.6 Å². The SMILES string of the molecule is C[C@@H](NC(=O)c1ccc(S(=O)(=O)N[C@H]2CCS(=O)(=O)C2)cc1)c1ccc(F)cc1F. The normalized spacial score (nSPS) is 19.4. The molecule has 0 spiro atoms. The Hall–Kier alpha value is -2.37. The van der Waals surface area contributed by atoms with Gasteiger partial charge in [0.15, 0.2) is 9.84 Å². The van der Waals surface area contributed by atoms with E-state index in [1.807, 2.05) is 0 Å². The molecule has 1 amide bonds. The summed E-state index contributed by atoms with van der Waals surface area (Å²) >= 11 is 0. The molecule has 3 rings (SSSR count). The fourth-order valence-corrected chi connectivity index (χ4v) is 6.22. The fraction of sp³-hybridized carbons (Fsp3) is 0.316. The molecule has 2 atom stereocenters. The van der Waals surface area contributed by atoms with Gasteiger partial charge < -0.3 is 5.32 Å². The molecule has 0 bridgehead atoms. The maximum absolute atomic E-state index is 13.9. The first-order chi connectivity index (χ1) is 14.0. The lowest BCUT2D eigenvalue weighted by Crippen LogP contribution is -2.35. The van der Waals surface area contributed by atoms with Crippen LogP contribution in [0, 0.1) is 11.6 Å². The van der Waals surface area contributed by atoms with E-state index in [0.717, 1.165) is 12.1 Å². The largest absolute Gasteiger partial charge is 0.345 e. The lowest BCUT2D eigenvalue weighted by Gasteiger charge is -2.16. The zero-order valence-corrected chi connectivity index (χ0v) is 17.6. The van der Waals surface area contributed by atoms with Crippen molar-refractivity contribution in [3.8, 4) is 0 Å². The van der Waals surface area contributed by atoms with Crippen molar-refractivity contribution in [2.75, 3.05) is 11.5 Å². The number of sulfone groups is 1. The first kappa shape index (κ1) is 22.3. The van der Waals surface area contributed by atoms with Crippen LogP contribution in [-0.2, 0) is 19.9 Å². The molecule has 162 valence electrons. The Bertz CT molecular complexity index is 1170. The molecule has 7 nitrogen and oxygen atoms in total. The second-order valence-corrected chi connectivity index (χ2v) is 11.0. The molecule has 0 saturated carbocycles. The summed E-state index contributed by atoms with van der Waals surface area (Å²) in [4.78, 5) is 12.3. The van der Waals surface area contributed by atoms with Crippen LogP contribution in [0.3, 0.4) is 0 Å². The standard InChI is InChI=1S/C19H20F2N2O5S2/c1-12(17-7-4-14(20)10-18(17)21)22-19(24)13-2-5-16(6-3-13)30(27,28)23-15-8-9-29(25,26)11-15/h2-7,10,12,15,23H,8-9,11H2,1H3,(H,22,24)/t12-,15+/m1/s1. The van der Waals surface area contributed by atoms with Gasteiger partial charge in [0, 0.05) is 23.2 Å². The Labute approximate surface area is 173 Å². The molecule has 30 heavy (non-hydrogen) atoms. The summed E-state index contributed by atoms with van der Waals surface area (Å²) in [6, 6.07) is 6.66. The van der Waals surface area contributed by atoms with Gasteiger partial charge in [-0.05, 0) is 43.7 Å². The third-order valence-electron chi connectivity index (χ3n) is 4.76. The van der Waals surface area contributed by atoms with E-state index in [0.29, 0.717) is 0 Å². The number of hydrogen-bond acceptors (Lipinski definition) is 5. The predicted octanol–water partition coefficient (Wildman–Crippen LogP) is 1.92. The van der Waals surface area contributed by atoms with Gasteiger partial charge in [-0.1, -0.05) is 6.07 Å². The molecule has 2 N–H and O–H groups in total. The number of rotatable bonds is 6. The molecule has 2 aromatic rings. The van der Waals surface area contributed by atoms with Crippen LogP contribution < -0.4 is 10.0 Å². The number of carbonyl (C=O) groups is 1. The highest BCUT2D eigenvalue weighted by Gasteiger charge is 2.31. The topological polar surface area (TPSA) is 109 Å². The van der Waals surface area contributed by atoms with Gasteiger partial charge in [0.05, 0.1) is 22.4 Å². The molecule has 11 heteroatoms. The Morgan fingerprint density at radius 3 is 2.37 bits per heavy atom. The van der Waals surface area contributed by atoms with E-state index in [1.54, 1.807) is 0 Å². The van der Waals surface area contributed by atoms with Gasteiger partial charge in [-0.3, -0.25) is 4.79 Å². The quantitative estimate of drug-likeness (QED) is 0.688. The van der Waals surface area contributed by atoms with Crippen molar-refractivity contribution in [1.82, 2.24) is 10.0 Å². The summed E-state index contributed by atoms with van der Waals surface area (Å²) in [6.45, 7) is 1.53. The molecule has 1 aliphatic heterocycles. The predicted molar refractivity (Wildman–Crippen MR) is 106 cm³/mol. The highest BCUT2D eigenvalue weighted by atomic mass is 32.2. The molecule has 0 unspecified atom stereocenters. The fourth-order valence-electron chi connectivity index (χ4n) is 3.17. The first-order valence-corrected chi connectivity index (χ1v) is 12.4. The van der Waals surface area contributed by atoms with Gasteiger partial charge in [0.25, 0.3) is 5.91 Å². The Morgan fingerprint density at radius 1 is 1.13 bits per heavy atom. The van der Waals surface area contributed by atoms with E-state index < -0.39 is 49.5 Å². The van der Waals surface area contributed by atoms with E-state index in [1.165, 1.54) is 37.3 Å². The number of carbonyl (C=O) groups excluding carboxylic acids is 1. The van der Waals surface area contributed by atoms with Crippen molar-refractivity contribution in [2.45, 2.75) is 30.3 Å². The van der Waals surface area contributed by atoms with E-state index in [-0.39, 0.29) is 33.9 Å². The minimum atomic E-state index is -3.94. The molecule has 2 aromatic carbocycles. The van der Waals surface area contributed by atoms with Gasteiger partial charge in [0.2, 0.25) is 10.0 Å². The van der Waals surface area contributed by atoms with E-state index in [4.69, 9.17) is 0 Å². The summed E-state index contributed by atoms with van der Waals surface area (Å²) < 4.78 is 77.1. The van der Waals surface area contributed by atoms with Crippen LogP contribution in [0.2, 0.25) is 0 Å². The average molecular weight is 459 g/mol. The Morgan fingerprint density at radius 2 is 1.80 bits per heavy atom. The Kier molecular flexibility index (Phi) is 6.25. The molecule has 1 fully saturated rings. The minimum Gasteiger partial charge on any atom is -0.345 e. The number of hydrogen-bond donors (Lipinski definition) is 2. The van der Waals surface area contributed by atoms with Crippen LogP contribution in [0.15, 0.2) is 47.4 Å². The summed E-state index contributed by atoms with van der Waals surface area (Å²) in [6.07, 6.45) is 0.208. The van der Waals surface area contributed by atoms with Crippen LogP contribution in [0.4, 0.5) is 8.78 Å². The highest BCUT2D eigenvalue weighted by molar-refractivity contribution is 7.92. The lowest BCUT2D eigenvalue weighted by atomic mass is 10.1. The smallest absolute Gasteiger partial charge is 0.251 e. The Balaban J connectivity index is 1.68. The minimum absolute atomic E-state index is 0.0634. The van der Waals surface area contributed by atoms with E-state index in [9.17, 15) is 30.4 Å². The van der Waals surface area contributed by atoms with Gasteiger partial charge in [-0.25, -0.2) is 30.3 Å². The number of halogens is 2. The summed E-state index contributed by atoms with van der Waals surface area (Å²) in [7, 11) is -7.18. The highest BCUT2D eigenvalue weighted by Crippen LogP contribution is 2.19. The third kappa shape index (κ3) is 5.21. The zero-order chi connectivity index (χ0) is 22.1. The van der Waals surface area contributed by atoms with Crippen molar-refractivity contribution in [1.29, 1.82) is 0 Å². The summed E-state index contributed by atoms with van der Waals surface area (Å²) in [5.41, 5.74) is 0.256. The lowest BCUT2D eigenvalue weighted by molar-refractivity contribution is 0.0939. The molecular weight excluding hydrogens is 438 g/mol. The summed E-state index contributed by atoms with van der Waals surface area (Å²) in [5.74, 6) is -2.39. The van der Waals surface area contributed by atoms with Gasteiger partial charge >= 0.3 is 0 Å². The van der Waals surface area contributed by atoms with Crippen LogP contribution in [-0.4, -0.2) is 40.3 Å². The second kappa shape index (κ2) is 8.40. The van der Waals surface area contributed by atoms with Crippen molar-refractivity contribution in [3.05, 3.63) is 65.2 Å². The second-order valence-electron chi connectivity index (χ2n) is 7.11. The van der Waals surface area contributed by atoms with Crippen LogP contribution >= 0.6 is 0 Å². The van der Waals surface area contributed by atoms with Crippen LogP contribution in [0.1, 0.15) is 35.3 Å². The van der Waals surface area contributed by atoms with Gasteiger partial charge in [-0.15, -0.1) is 0 Å². The van der Waals surface area contributed by atoms with E-state index in [2.05, 4.69) is 10.0 Å². The number of nitrogens with one attached hydrogen (secondary N) is 2. The summed E-state index contributed by atoms with van der Waals surface area (Å²) in [5, 5.41) is 2.57. The number of sulfonamides is 1. The van der Waals surface area contributed by atoms with Crippen molar-refractivity contribution < 1.29 is 30.4 Å². The molecule has 0 radical (unpaired) electrons. The average Bonchev–Trinajstić information content (AvgIpc) is 2.99. The number of benzene rings is 2. The molecule has 1 saturated heterocycles.